The Morgan fingerprint density at radius 2 is 1.90 bits per heavy atom. The number of para-hydroxylation sites is 1. The van der Waals surface area contributed by atoms with Gasteiger partial charge in [0.2, 0.25) is 5.92 Å². The van der Waals surface area contributed by atoms with Crippen molar-refractivity contribution in [1.82, 2.24) is 24.9 Å². The Bertz CT molecular complexity index is 1060. The first-order chi connectivity index (χ1) is 14.5. The fraction of sp³-hybridized carbons (Fsp3) is 0.381. The summed E-state index contributed by atoms with van der Waals surface area (Å²) in [5.74, 6) is -1.87. The highest BCUT2D eigenvalue weighted by Gasteiger charge is 2.37. The molecule has 0 saturated heterocycles. The molecule has 1 unspecified atom stereocenters. The standard InChI is InChI=1S/C21H21F3N6/c22-18(16-4-1-2-5-17(16)29-11-3-10-26-29)19-25-12-14-13-27-30(20(14)28-19)15-6-8-21(23,24)9-7-15/h1-5,10-11,13,15,18H,6-9,12H2,(H,25,28). The van der Waals surface area contributed by atoms with Crippen molar-refractivity contribution in [2.75, 3.05) is 0 Å². The minimum Gasteiger partial charge on any atom is -0.366 e. The summed E-state index contributed by atoms with van der Waals surface area (Å²) in [5.41, 5.74) is 1.91. The SMILES string of the molecule is FC(C1=Nc2c(cnn2C2CCC(F)(F)CC2)CN1)c1ccccc1-n1cccn1. The molecular weight excluding hydrogens is 393 g/mol. The summed E-state index contributed by atoms with van der Waals surface area (Å²) in [6.07, 6.45) is 3.93. The lowest BCUT2D eigenvalue weighted by Gasteiger charge is -2.29. The third-order valence-corrected chi connectivity index (χ3v) is 5.76. The van der Waals surface area contributed by atoms with Crippen molar-refractivity contribution in [3.05, 3.63) is 60.0 Å². The van der Waals surface area contributed by atoms with Gasteiger partial charge in [0.05, 0.1) is 17.9 Å². The Morgan fingerprint density at radius 3 is 2.67 bits per heavy atom. The minimum atomic E-state index is -2.61. The summed E-state index contributed by atoms with van der Waals surface area (Å²) in [7, 11) is 0. The summed E-state index contributed by atoms with van der Waals surface area (Å²) >= 11 is 0. The maximum atomic E-state index is 15.6. The molecule has 0 spiro atoms. The molecule has 1 aromatic carbocycles. The summed E-state index contributed by atoms with van der Waals surface area (Å²) in [6.45, 7) is 0.390. The van der Waals surface area contributed by atoms with Crippen LogP contribution in [-0.4, -0.2) is 31.3 Å². The van der Waals surface area contributed by atoms with Gasteiger partial charge in [-0.2, -0.15) is 10.2 Å². The Labute approximate surface area is 171 Å². The van der Waals surface area contributed by atoms with Crippen molar-refractivity contribution in [3.8, 4) is 5.69 Å². The number of hydrogen-bond acceptors (Lipinski definition) is 4. The van der Waals surface area contributed by atoms with Crippen LogP contribution in [0.3, 0.4) is 0 Å². The van der Waals surface area contributed by atoms with Gasteiger partial charge in [-0.1, -0.05) is 18.2 Å². The van der Waals surface area contributed by atoms with E-state index in [1.54, 1.807) is 52.2 Å². The number of nitrogens with zero attached hydrogens (tertiary/aromatic N) is 5. The van der Waals surface area contributed by atoms with Crippen molar-refractivity contribution >= 4 is 11.7 Å². The van der Waals surface area contributed by atoms with E-state index in [1.165, 1.54) is 0 Å². The zero-order valence-corrected chi connectivity index (χ0v) is 16.2. The molecule has 6 nitrogen and oxygen atoms in total. The van der Waals surface area contributed by atoms with Crippen LogP contribution in [0.5, 0.6) is 0 Å². The molecular formula is C21H21F3N6. The van der Waals surface area contributed by atoms with Crippen molar-refractivity contribution in [1.29, 1.82) is 0 Å². The molecule has 3 aromatic rings. The van der Waals surface area contributed by atoms with Crippen molar-refractivity contribution in [2.45, 2.75) is 50.4 Å². The summed E-state index contributed by atoms with van der Waals surface area (Å²) in [6, 6.07) is 8.74. The van der Waals surface area contributed by atoms with Gasteiger partial charge in [-0.3, -0.25) is 0 Å². The first kappa shape index (κ1) is 18.9. The number of aromatic nitrogens is 4. The molecule has 1 aliphatic heterocycles. The molecule has 30 heavy (non-hydrogen) atoms. The molecule has 1 aliphatic carbocycles. The highest BCUT2D eigenvalue weighted by molar-refractivity contribution is 5.91. The van der Waals surface area contributed by atoms with Crippen LogP contribution in [0.25, 0.3) is 5.69 Å². The van der Waals surface area contributed by atoms with Crippen LogP contribution in [0, 0.1) is 0 Å². The second-order valence-corrected chi connectivity index (χ2v) is 7.75. The van der Waals surface area contributed by atoms with Crippen LogP contribution >= 0.6 is 0 Å². The Morgan fingerprint density at radius 1 is 1.10 bits per heavy atom. The first-order valence-corrected chi connectivity index (χ1v) is 10.0. The van der Waals surface area contributed by atoms with E-state index in [0.717, 1.165) is 5.56 Å². The largest absolute Gasteiger partial charge is 0.366 e. The van der Waals surface area contributed by atoms with Crippen LogP contribution in [0.15, 0.2) is 53.9 Å². The topological polar surface area (TPSA) is 60.0 Å². The average Bonchev–Trinajstić information content (AvgIpc) is 3.43. The lowest BCUT2D eigenvalue weighted by Crippen LogP contribution is -2.31. The zero-order valence-electron chi connectivity index (χ0n) is 16.2. The number of amidine groups is 1. The van der Waals surface area contributed by atoms with Gasteiger partial charge < -0.3 is 5.32 Å². The van der Waals surface area contributed by atoms with Gasteiger partial charge in [0.25, 0.3) is 0 Å². The number of nitrogens with one attached hydrogen (secondary N) is 1. The van der Waals surface area contributed by atoms with Crippen LogP contribution < -0.4 is 5.32 Å². The van der Waals surface area contributed by atoms with E-state index in [4.69, 9.17) is 0 Å². The van der Waals surface area contributed by atoms with Crippen LogP contribution in [-0.2, 0) is 6.54 Å². The molecule has 1 fully saturated rings. The quantitative estimate of drug-likeness (QED) is 0.675. The molecule has 9 heteroatoms. The lowest BCUT2D eigenvalue weighted by atomic mass is 9.92. The van der Waals surface area contributed by atoms with Gasteiger partial charge >= 0.3 is 0 Å². The number of halogens is 3. The molecule has 0 amide bonds. The molecule has 1 N–H and O–H groups in total. The average molecular weight is 414 g/mol. The first-order valence-electron chi connectivity index (χ1n) is 10.0. The predicted octanol–water partition coefficient (Wildman–Crippen LogP) is 4.66. The molecule has 3 heterocycles. The van der Waals surface area contributed by atoms with Crippen molar-refractivity contribution in [3.63, 3.8) is 0 Å². The zero-order chi connectivity index (χ0) is 20.7. The monoisotopic (exact) mass is 414 g/mol. The number of aliphatic imine (C=N–C) groups is 1. The van der Waals surface area contributed by atoms with E-state index in [1.807, 2.05) is 6.07 Å². The fourth-order valence-electron chi connectivity index (χ4n) is 4.13. The van der Waals surface area contributed by atoms with Crippen LogP contribution in [0.2, 0.25) is 0 Å². The van der Waals surface area contributed by atoms with Gasteiger partial charge in [0.15, 0.2) is 12.0 Å². The number of benzene rings is 1. The van der Waals surface area contributed by atoms with Gasteiger partial charge in [-0.15, -0.1) is 0 Å². The second kappa shape index (κ2) is 7.30. The number of fused-ring (bicyclic) bond motifs is 1. The third-order valence-electron chi connectivity index (χ3n) is 5.76. The molecule has 156 valence electrons. The Kier molecular flexibility index (Phi) is 4.60. The van der Waals surface area contributed by atoms with E-state index >= 15 is 4.39 Å². The molecule has 0 bridgehead atoms. The predicted molar refractivity (Wildman–Crippen MR) is 106 cm³/mol. The summed E-state index contributed by atoms with van der Waals surface area (Å²) < 4.78 is 46.0. The van der Waals surface area contributed by atoms with E-state index in [-0.39, 0.29) is 24.7 Å². The number of hydrogen-bond donors (Lipinski definition) is 1. The fourth-order valence-corrected chi connectivity index (χ4v) is 4.13. The van der Waals surface area contributed by atoms with Crippen molar-refractivity contribution in [2.24, 2.45) is 4.99 Å². The van der Waals surface area contributed by atoms with E-state index in [2.05, 4.69) is 20.5 Å². The number of rotatable bonds is 4. The van der Waals surface area contributed by atoms with E-state index < -0.39 is 12.1 Å². The molecule has 1 atom stereocenters. The smallest absolute Gasteiger partial charge is 0.248 e. The van der Waals surface area contributed by atoms with Crippen LogP contribution in [0.4, 0.5) is 19.0 Å². The summed E-state index contributed by atoms with van der Waals surface area (Å²) in [4.78, 5) is 4.53. The highest BCUT2D eigenvalue weighted by atomic mass is 19.3. The maximum Gasteiger partial charge on any atom is 0.248 e. The van der Waals surface area contributed by atoms with Gasteiger partial charge in [-0.25, -0.2) is 27.5 Å². The third kappa shape index (κ3) is 3.38. The molecule has 1 saturated carbocycles. The molecule has 2 aliphatic rings. The van der Waals surface area contributed by atoms with Gasteiger partial charge in [-0.05, 0) is 25.0 Å². The Hall–Kier alpha value is -3.10. The Balaban J connectivity index is 1.46. The minimum absolute atomic E-state index is 0.147. The van der Waals surface area contributed by atoms with E-state index in [0.29, 0.717) is 36.5 Å². The van der Waals surface area contributed by atoms with Gasteiger partial charge in [0.1, 0.15) is 5.84 Å². The van der Waals surface area contributed by atoms with Crippen LogP contribution in [0.1, 0.15) is 49.0 Å². The maximum absolute atomic E-state index is 15.6. The summed E-state index contributed by atoms with van der Waals surface area (Å²) in [5, 5.41) is 11.6. The second-order valence-electron chi connectivity index (χ2n) is 7.75. The molecule has 5 rings (SSSR count). The molecule has 0 radical (unpaired) electrons. The highest BCUT2D eigenvalue weighted by Crippen LogP contribution is 2.41. The lowest BCUT2D eigenvalue weighted by molar-refractivity contribution is -0.0448. The van der Waals surface area contributed by atoms with E-state index in [9.17, 15) is 8.78 Å². The van der Waals surface area contributed by atoms with Crippen molar-refractivity contribution < 1.29 is 13.2 Å². The number of alkyl halides is 3. The molecule has 2 aromatic heterocycles. The normalized spacial score (nSPS) is 19.6. The van der Waals surface area contributed by atoms with Gasteiger partial charge in [0, 0.05) is 42.9 Å².